The molecule has 0 spiro atoms. The van der Waals surface area contributed by atoms with E-state index in [1.807, 2.05) is 6.92 Å². The van der Waals surface area contributed by atoms with Crippen molar-refractivity contribution in [2.75, 3.05) is 0 Å². The highest BCUT2D eigenvalue weighted by atomic mass is 14.8. The molecule has 1 aromatic heterocycles. The van der Waals surface area contributed by atoms with E-state index < -0.39 is 0 Å². The molecule has 0 N–H and O–H groups in total. The number of rotatable bonds is 3. The zero-order chi connectivity index (χ0) is 24.2. The molecule has 0 fully saturated rings. The highest BCUT2D eigenvalue weighted by Crippen LogP contribution is 2.33. The summed E-state index contributed by atoms with van der Waals surface area (Å²) < 4.78 is 0. The van der Waals surface area contributed by atoms with Gasteiger partial charge >= 0.3 is 0 Å². The fourth-order valence-electron chi connectivity index (χ4n) is 4.90. The summed E-state index contributed by atoms with van der Waals surface area (Å²) in [5, 5.41) is 0. The molecule has 3 aromatic rings. The van der Waals surface area contributed by atoms with Gasteiger partial charge in [0.25, 0.3) is 0 Å². The number of hydrogen-bond acceptors (Lipinski definition) is 2. The van der Waals surface area contributed by atoms with Crippen LogP contribution in [0.15, 0.2) is 96.0 Å². The second kappa shape index (κ2) is 10.2. The summed E-state index contributed by atoms with van der Waals surface area (Å²) in [5.41, 5.74) is 11.8. The molecule has 0 saturated carbocycles. The third kappa shape index (κ3) is 5.33. The van der Waals surface area contributed by atoms with E-state index >= 15 is 0 Å². The van der Waals surface area contributed by atoms with E-state index in [2.05, 4.69) is 111 Å². The predicted octanol–water partition coefficient (Wildman–Crippen LogP) is 8.81. The number of hydrogen-bond donors (Lipinski definition) is 0. The van der Waals surface area contributed by atoms with Gasteiger partial charge in [0.15, 0.2) is 0 Å². The van der Waals surface area contributed by atoms with Crippen molar-refractivity contribution in [3.05, 3.63) is 119 Å². The summed E-state index contributed by atoms with van der Waals surface area (Å²) in [6, 6.07) is 21.9. The van der Waals surface area contributed by atoms with Crippen LogP contribution in [0, 0.1) is 6.92 Å². The molecule has 2 heteroatoms. The first-order chi connectivity index (χ1) is 17.1. The summed E-state index contributed by atoms with van der Waals surface area (Å²) in [6.45, 7) is 6.28. The molecule has 2 aromatic carbocycles. The average molecular weight is 457 g/mol. The molecule has 0 bridgehead atoms. The fourth-order valence-corrected chi connectivity index (χ4v) is 4.90. The van der Waals surface area contributed by atoms with Gasteiger partial charge in [-0.2, -0.15) is 0 Å². The Balaban J connectivity index is 1.62. The lowest BCUT2D eigenvalue weighted by Crippen LogP contribution is -2.03. The van der Waals surface area contributed by atoms with Crippen molar-refractivity contribution in [2.24, 2.45) is 4.99 Å². The Morgan fingerprint density at radius 3 is 2.37 bits per heavy atom. The van der Waals surface area contributed by atoms with E-state index in [9.17, 15) is 0 Å². The van der Waals surface area contributed by atoms with Crippen LogP contribution in [0.3, 0.4) is 0 Å². The number of aliphatic imine (C=N–C) groups is 1. The molecular weight excluding hydrogens is 424 g/mol. The average Bonchev–Trinajstić information content (AvgIpc) is 2.89. The molecule has 35 heavy (non-hydrogen) atoms. The number of fused-ring (bicyclic) bond motifs is 1. The van der Waals surface area contributed by atoms with Gasteiger partial charge in [-0.3, -0.25) is 9.98 Å². The summed E-state index contributed by atoms with van der Waals surface area (Å²) in [7, 11) is 0. The Morgan fingerprint density at radius 2 is 1.57 bits per heavy atom. The van der Waals surface area contributed by atoms with E-state index in [1.54, 1.807) is 0 Å². The van der Waals surface area contributed by atoms with Gasteiger partial charge in [0.05, 0.1) is 11.7 Å². The maximum Gasteiger partial charge on any atom is 0.0900 e. The SMILES string of the molecule is CC1=NC(C)c2nc(C)ccc2/C=C\CC(c2cc(C3=CCCC=C3)cc(-c3ccccc3)c2)=C1. The van der Waals surface area contributed by atoms with Gasteiger partial charge in [-0.1, -0.05) is 66.8 Å². The number of pyridine rings is 1. The van der Waals surface area contributed by atoms with Crippen molar-refractivity contribution in [3.8, 4) is 11.1 Å². The molecule has 0 amide bonds. The lowest BCUT2D eigenvalue weighted by molar-refractivity contribution is 0.775. The van der Waals surface area contributed by atoms with Crippen molar-refractivity contribution < 1.29 is 0 Å². The molecule has 2 nitrogen and oxygen atoms in total. The maximum atomic E-state index is 5.01. The molecule has 1 aliphatic heterocycles. The monoisotopic (exact) mass is 456 g/mol. The van der Waals surface area contributed by atoms with Gasteiger partial charge in [-0.15, -0.1) is 0 Å². The molecule has 0 saturated heterocycles. The fraction of sp³-hybridized carbons (Fsp3) is 0.212. The van der Waals surface area contributed by atoms with Crippen LogP contribution in [0.25, 0.3) is 28.3 Å². The van der Waals surface area contributed by atoms with E-state index in [0.29, 0.717) is 0 Å². The Hall–Kier alpha value is -3.78. The Bertz CT molecular complexity index is 1380. The summed E-state index contributed by atoms with van der Waals surface area (Å²) in [6.07, 6.45) is 16.7. The van der Waals surface area contributed by atoms with Gasteiger partial charge in [-0.25, -0.2) is 0 Å². The molecule has 174 valence electrons. The smallest absolute Gasteiger partial charge is 0.0900 e. The minimum atomic E-state index is 0.00824. The zero-order valence-electron chi connectivity index (χ0n) is 20.8. The predicted molar refractivity (Wildman–Crippen MR) is 150 cm³/mol. The Morgan fingerprint density at radius 1 is 0.771 bits per heavy atom. The number of aryl methyl sites for hydroxylation is 1. The van der Waals surface area contributed by atoms with Gasteiger partial charge in [0.1, 0.15) is 0 Å². The molecule has 2 heterocycles. The lowest BCUT2D eigenvalue weighted by Gasteiger charge is -2.16. The van der Waals surface area contributed by atoms with Crippen LogP contribution in [0.2, 0.25) is 0 Å². The number of allylic oxidation sites excluding steroid dienone is 7. The minimum Gasteiger partial charge on any atom is -0.281 e. The van der Waals surface area contributed by atoms with Crippen molar-refractivity contribution in [3.63, 3.8) is 0 Å². The van der Waals surface area contributed by atoms with E-state index in [1.165, 1.54) is 33.4 Å². The van der Waals surface area contributed by atoms with Gasteiger partial charge in [-0.05, 0) is 109 Å². The number of benzene rings is 2. The standard InChI is InChI=1S/C33H32N2/c1-23-17-18-28-15-10-16-29(19-24(2)34-25(3)33(28)35-23)32-21-30(26-11-6-4-7-12-26)20-31(22-32)27-13-8-5-9-14-27/h4,6-8,10-15,17-22,25H,5,9,16H2,1-3H3/b15-10-,29-19?,34-24?. The van der Waals surface area contributed by atoms with Gasteiger partial charge in [0, 0.05) is 11.4 Å². The van der Waals surface area contributed by atoms with Crippen LogP contribution in [0.5, 0.6) is 0 Å². The maximum absolute atomic E-state index is 5.01. The zero-order valence-corrected chi connectivity index (χ0v) is 20.8. The van der Waals surface area contributed by atoms with Gasteiger partial charge < -0.3 is 0 Å². The molecule has 1 aliphatic carbocycles. The first kappa shape index (κ1) is 23.0. The largest absolute Gasteiger partial charge is 0.281 e. The summed E-state index contributed by atoms with van der Waals surface area (Å²) in [5.74, 6) is 0. The van der Waals surface area contributed by atoms with Crippen molar-refractivity contribution >= 4 is 22.9 Å². The van der Waals surface area contributed by atoms with Crippen LogP contribution >= 0.6 is 0 Å². The molecule has 1 unspecified atom stereocenters. The topological polar surface area (TPSA) is 25.2 Å². The first-order valence-corrected chi connectivity index (χ1v) is 12.5. The Kier molecular flexibility index (Phi) is 6.72. The van der Waals surface area contributed by atoms with Crippen molar-refractivity contribution in [2.45, 2.75) is 46.1 Å². The third-order valence-corrected chi connectivity index (χ3v) is 6.65. The van der Waals surface area contributed by atoms with Crippen LogP contribution in [0.4, 0.5) is 0 Å². The van der Waals surface area contributed by atoms with Crippen LogP contribution in [-0.4, -0.2) is 10.7 Å². The summed E-state index contributed by atoms with van der Waals surface area (Å²) >= 11 is 0. The molecule has 1 atom stereocenters. The third-order valence-electron chi connectivity index (χ3n) is 6.65. The normalized spacial score (nSPS) is 18.7. The minimum absolute atomic E-state index is 0.00824. The second-order valence-corrected chi connectivity index (χ2v) is 9.45. The van der Waals surface area contributed by atoms with Crippen LogP contribution < -0.4 is 0 Å². The number of nitrogens with zero attached hydrogens (tertiary/aromatic N) is 2. The van der Waals surface area contributed by atoms with Crippen LogP contribution in [0.1, 0.15) is 67.2 Å². The quantitative estimate of drug-likeness (QED) is 0.386. The first-order valence-electron chi connectivity index (χ1n) is 12.5. The molecule has 5 rings (SSSR count). The number of aromatic nitrogens is 1. The highest BCUT2D eigenvalue weighted by molar-refractivity contribution is 6.00. The van der Waals surface area contributed by atoms with Gasteiger partial charge in [0.2, 0.25) is 0 Å². The summed E-state index contributed by atoms with van der Waals surface area (Å²) in [4.78, 5) is 9.81. The van der Waals surface area contributed by atoms with Crippen molar-refractivity contribution in [1.82, 2.24) is 4.98 Å². The van der Waals surface area contributed by atoms with E-state index in [0.717, 1.165) is 41.9 Å². The molecular formula is C33H32N2. The highest BCUT2D eigenvalue weighted by Gasteiger charge is 2.14. The molecule has 0 radical (unpaired) electrons. The lowest BCUT2D eigenvalue weighted by atomic mass is 9.90. The Labute approximate surface area is 209 Å². The van der Waals surface area contributed by atoms with E-state index in [4.69, 9.17) is 9.98 Å². The molecule has 2 aliphatic rings. The van der Waals surface area contributed by atoms with Crippen molar-refractivity contribution in [1.29, 1.82) is 0 Å². The van der Waals surface area contributed by atoms with Crippen LogP contribution in [-0.2, 0) is 0 Å². The second-order valence-electron chi connectivity index (χ2n) is 9.45. The van der Waals surface area contributed by atoms with E-state index in [-0.39, 0.29) is 6.04 Å².